The molecule has 1 spiro atoms. The van der Waals surface area contributed by atoms with Gasteiger partial charge in [0.1, 0.15) is 5.60 Å². The molecule has 6 heteroatoms. The van der Waals surface area contributed by atoms with E-state index in [-0.39, 0.29) is 18.0 Å². The number of para-hydroxylation sites is 1. The van der Waals surface area contributed by atoms with E-state index < -0.39 is 11.0 Å². The highest BCUT2D eigenvalue weighted by molar-refractivity contribution is 6.06. The van der Waals surface area contributed by atoms with Crippen LogP contribution in [-0.4, -0.2) is 40.6 Å². The van der Waals surface area contributed by atoms with Gasteiger partial charge in [-0.3, -0.25) is 9.78 Å². The lowest BCUT2D eigenvalue weighted by molar-refractivity contribution is -0.145. The second-order valence-electron chi connectivity index (χ2n) is 8.79. The smallest absolute Gasteiger partial charge is 0.410 e. The van der Waals surface area contributed by atoms with Crippen molar-refractivity contribution in [3.63, 3.8) is 0 Å². The molecule has 0 saturated carbocycles. The highest BCUT2D eigenvalue weighted by atomic mass is 16.6. The van der Waals surface area contributed by atoms with Crippen LogP contribution in [0.2, 0.25) is 0 Å². The molecule has 4 rings (SSSR count). The number of hydrogen-bond acceptors (Lipinski definition) is 4. The largest absolute Gasteiger partial charge is 0.444 e. The van der Waals surface area contributed by atoms with Crippen LogP contribution < -0.4 is 4.90 Å². The molecule has 1 atom stereocenters. The van der Waals surface area contributed by atoms with Crippen LogP contribution in [0.25, 0.3) is 0 Å². The normalized spacial score (nSPS) is 21.1. The first kappa shape index (κ1) is 19.4. The van der Waals surface area contributed by atoms with E-state index in [4.69, 9.17) is 4.74 Å². The van der Waals surface area contributed by atoms with Crippen LogP contribution in [0.5, 0.6) is 0 Å². The third-order valence-corrected chi connectivity index (χ3v) is 5.74. The molecule has 2 aromatic rings. The number of likely N-dealkylation sites (tertiary alicyclic amines) is 1. The van der Waals surface area contributed by atoms with Crippen molar-refractivity contribution in [3.8, 4) is 0 Å². The van der Waals surface area contributed by atoms with Crippen molar-refractivity contribution in [2.45, 2.75) is 45.3 Å². The van der Waals surface area contributed by atoms with Gasteiger partial charge in [0.2, 0.25) is 5.91 Å². The van der Waals surface area contributed by atoms with Gasteiger partial charge in [0.15, 0.2) is 0 Å². The summed E-state index contributed by atoms with van der Waals surface area (Å²) in [4.78, 5) is 34.0. The predicted octanol–water partition coefficient (Wildman–Crippen LogP) is 4.19. The first-order valence-corrected chi connectivity index (χ1v) is 10.1. The number of anilines is 1. The molecule has 2 aliphatic rings. The van der Waals surface area contributed by atoms with Crippen LogP contribution in [0.4, 0.5) is 10.5 Å². The Kier molecular flexibility index (Phi) is 4.81. The molecule has 2 aliphatic heterocycles. The van der Waals surface area contributed by atoms with Crippen LogP contribution >= 0.6 is 0 Å². The minimum absolute atomic E-state index is 0.114. The fraction of sp³-hybridized carbons (Fsp3) is 0.435. The monoisotopic (exact) mass is 393 g/mol. The summed E-state index contributed by atoms with van der Waals surface area (Å²) in [5, 5.41) is 0. The van der Waals surface area contributed by atoms with Crippen molar-refractivity contribution < 1.29 is 14.3 Å². The van der Waals surface area contributed by atoms with E-state index in [2.05, 4.69) is 4.98 Å². The standard InChI is InChI=1S/C23H27N3O3/c1-22(2,3)29-21(28)25-15-12-23(13-16-25)19(18-11-7-8-14-24-18)26(20(23)27)17-9-5-4-6-10-17/h4-11,14,19H,12-13,15-16H2,1-3H3. The highest BCUT2D eigenvalue weighted by Crippen LogP contribution is 2.57. The minimum atomic E-state index is -0.529. The molecule has 152 valence electrons. The zero-order valence-electron chi connectivity index (χ0n) is 17.2. The zero-order valence-corrected chi connectivity index (χ0v) is 17.2. The number of β-lactam (4-membered cyclic amide) rings is 1. The third kappa shape index (κ3) is 3.48. The number of ether oxygens (including phenoxy) is 1. The SMILES string of the molecule is CC(C)(C)OC(=O)N1CCC2(CC1)C(=O)N(c1ccccc1)C2c1ccccn1. The second kappa shape index (κ2) is 7.17. The van der Waals surface area contributed by atoms with Gasteiger partial charge in [-0.05, 0) is 57.9 Å². The molecule has 0 aliphatic carbocycles. The Bertz CT molecular complexity index is 885. The number of amides is 2. The van der Waals surface area contributed by atoms with Crippen LogP contribution in [0, 0.1) is 5.41 Å². The van der Waals surface area contributed by atoms with E-state index in [1.54, 1.807) is 11.1 Å². The number of carbonyl (C=O) groups is 2. The Hall–Kier alpha value is -2.89. The number of rotatable bonds is 2. The Morgan fingerprint density at radius 1 is 1.07 bits per heavy atom. The van der Waals surface area contributed by atoms with Gasteiger partial charge in [-0.15, -0.1) is 0 Å². The summed E-state index contributed by atoms with van der Waals surface area (Å²) in [5.41, 5.74) is 0.719. The number of nitrogens with zero attached hydrogens (tertiary/aromatic N) is 3. The van der Waals surface area contributed by atoms with Crippen molar-refractivity contribution in [2.24, 2.45) is 5.41 Å². The Balaban J connectivity index is 1.58. The van der Waals surface area contributed by atoms with Gasteiger partial charge in [-0.2, -0.15) is 0 Å². The van der Waals surface area contributed by atoms with Crippen LogP contribution in [0.15, 0.2) is 54.7 Å². The highest BCUT2D eigenvalue weighted by Gasteiger charge is 2.62. The number of piperidine rings is 1. The average molecular weight is 393 g/mol. The average Bonchev–Trinajstić information content (AvgIpc) is 2.71. The van der Waals surface area contributed by atoms with Crippen molar-refractivity contribution in [1.29, 1.82) is 0 Å². The van der Waals surface area contributed by atoms with E-state index in [0.29, 0.717) is 25.9 Å². The molecule has 1 aromatic carbocycles. The van der Waals surface area contributed by atoms with Gasteiger partial charge in [0, 0.05) is 25.0 Å². The van der Waals surface area contributed by atoms with Crippen LogP contribution in [0.3, 0.4) is 0 Å². The first-order chi connectivity index (χ1) is 13.8. The second-order valence-corrected chi connectivity index (χ2v) is 8.79. The maximum Gasteiger partial charge on any atom is 0.410 e. The molecule has 2 fully saturated rings. The molecular weight excluding hydrogens is 366 g/mol. The molecule has 2 amide bonds. The summed E-state index contributed by atoms with van der Waals surface area (Å²) < 4.78 is 5.51. The van der Waals surface area contributed by atoms with E-state index in [9.17, 15) is 9.59 Å². The van der Waals surface area contributed by atoms with Gasteiger partial charge in [-0.1, -0.05) is 24.3 Å². The number of pyridine rings is 1. The molecule has 29 heavy (non-hydrogen) atoms. The summed E-state index contributed by atoms with van der Waals surface area (Å²) in [6.45, 7) is 6.60. The molecule has 1 aromatic heterocycles. The summed E-state index contributed by atoms with van der Waals surface area (Å²) in [7, 11) is 0. The van der Waals surface area contributed by atoms with E-state index in [1.807, 2.05) is 74.2 Å². The lowest BCUT2D eigenvalue weighted by Gasteiger charge is -2.58. The number of aromatic nitrogens is 1. The van der Waals surface area contributed by atoms with Crippen LogP contribution in [0.1, 0.15) is 45.3 Å². The summed E-state index contributed by atoms with van der Waals surface area (Å²) >= 11 is 0. The molecule has 2 saturated heterocycles. The maximum absolute atomic E-state index is 13.4. The number of benzene rings is 1. The molecule has 0 radical (unpaired) electrons. The molecule has 6 nitrogen and oxygen atoms in total. The number of hydrogen-bond donors (Lipinski definition) is 0. The van der Waals surface area contributed by atoms with Crippen molar-refractivity contribution >= 4 is 17.7 Å². The molecule has 0 bridgehead atoms. The van der Waals surface area contributed by atoms with Crippen molar-refractivity contribution in [2.75, 3.05) is 18.0 Å². The lowest BCUT2D eigenvalue weighted by Crippen LogP contribution is -2.67. The van der Waals surface area contributed by atoms with Gasteiger partial charge >= 0.3 is 6.09 Å². The molecule has 0 N–H and O–H groups in total. The van der Waals surface area contributed by atoms with E-state index in [0.717, 1.165) is 11.4 Å². The summed E-state index contributed by atoms with van der Waals surface area (Å²) in [6, 6.07) is 15.4. The Morgan fingerprint density at radius 3 is 2.31 bits per heavy atom. The van der Waals surface area contributed by atoms with Gasteiger partial charge in [-0.25, -0.2) is 4.79 Å². The maximum atomic E-state index is 13.4. The molecule has 1 unspecified atom stereocenters. The molecular formula is C23H27N3O3. The van der Waals surface area contributed by atoms with Crippen molar-refractivity contribution in [1.82, 2.24) is 9.88 Å². The van der Waals surface area contributed by atoms with Crippen LogP contribution in [-0.2, 0) is 9.53 Å². The Morgan fingerprint density at radius 2 is 1.72 bits per heavy atom. The van der Waals surface area contributed by atoms with E-state index in [1.165, 1.54) is 0 Å². The summed E-state index contributed by atoms with van der Waals surface area (Å²) in [6.07, 6.45) is 2.67. The first-order valence-electron chi connectivity index (χ1n) is 10.1. The molecule has 3 heterocycles. The lowest BCUT2D eigenvalue weighted by atomic mass is 9.63. The van der Waals surface area contributed by atoms with Gasteiger partial charge < -0.3 is 14.5 Å². The predicted molar refractivity (Wildman–Crippen MR) is 110 cm³/mol. The quantitative estimate of drug-likeness (QED) is 0.718. The minimum Gasteiger partial charge on any atom is -0.444 e. The fourth-order valence-corrected chi connectivity index (χ4v) is 4.37. The summed E-state index contributed by atoms with van der Waals surface area (Å²) in [5.74, 6) is 0.114. The number of carbonyl (C=O) groups excluding carboxylic acids is 2. The van der Waals surface area contributed by atoms with Crippen molar-refractivity contribution in [3.05, 3.63) is 60.4 Å². The van der Waals surface area contributed by atoms with Gasteiger partial charge in [0.25, 0.3) is 0 Å². The fourth-order valence-electron chi connectivity index (χ4n) is 4.37. The zero-order chi connectivity index (χ0) is 20.6. The topological polar surface area (TPSA) is 62.7 Å². The Labute approximate surface area is 171 Å². The third-order valence-electron chi connectivity index (χ3n) is 5.74. The van der Waals surface area contributed by atoms with E-state index >= 15 is 0 Å². The van der Waals surface area contributed by atoms with Gasteiger partial charge in [0.05, 0.1) is 17.2 Å².